The molecule has 0 radical (unpaired) electrons. The van der Waals surface area contributed by atoms with Crippen LogP contribution in [0.3, 0.4) is 0 Å². The van der Waals surface area contributed by atoms with E-state index in [2.05, 4.69) is 20.3 Å². The van der Waals surface area contributed by atoms with Crippen LogP contribution in [0.5, 0.6) is 5.75 Å². The predicted molar refractivity (Wildman–Crippen MR) is 133 cm³/mol. The molecule has 13 heteroatoms. The van der Waals surface area contributed by atoms with E-state index in [1.54, 1.807) is 18.2 Å². The first kappa shape index (κ1) is 24.2. The maximum atomic E-state index is 12.7. The van der Waals surface area contributed by atoms with Crippen LogP contribution in [0.1, 0.15) is 16.8 Å². The summed E-state index contributed by atoms with van der Waals surface area (Å²) in [6, 6.07) is 8.60. The van der Waals surface area contributed by atoms with E-state index in [1.807, 2.05) is 16.7 Å². The lowest BCUT2D eigenvalue weighted by Gasteiger charge is -2.25. The average Bonchev–Trinajstić information content (AvgIpc) is 3.38. The lowest BCUT2D eigenvalue weighted by atomic mass is 10.2. The zero-order valence-electron chi connectivity index (χ0n) is 19.6. The molecule has 1 fully saturated rings. The Morgan fingerprint density at radius 1 is 1.19 bits per heavy atom. The second-order valence-corrected chi connectivity index (χ2v) is 10.5. The number of ether oxygens (including phenoxy) is 2. The number of nitrogens with one attached hydrogen (secondary N) is 1. The van der Waals surface area contributed by atoms with E-state index < -0.39 is 15.9 Å². The summed E-state index contributed by atoms with van der Waals surface area (Å²) < 4.78 is 39.3. The molecule has 2 aromatic heterocycles. The minimum atomic E-state index is -3.33. The number of hydrogen-bond acceptors (Lipinski definition) is 9. The van der Waals surface area contributed by atoms with Gasteiger partial charge in [-0.05, 0) is 30.7 Å². The molecular formula is C23H27N7O5S. The summed E-state index contributed by atoms with van der Waals surface area (Å²) >= 11 is 0. The number of carbonyl (C=O) groups excluding carboxylic acids is 1. The molecule has 2 aliphatic heterocycles. The maximum absolute atomic E-state index is 12.7. The maximum Gasteiger partial charge on any atom is 0.281 e. The van der Waals surface area contributed by atoms with Crippen molar-refractivity contribution in [2.24, 2.45) is 4.99 Å². The van der Waals surface area contributed by atoms with E-state index in [-0.39, 0.29) is 18.0 Å². The van der Waals surface area contributed by atoms with Crippen LogP contribution < -0.4 is 21.4 Å². The molecule has 2 aliphatic rings. The molecule has 0 bridgehead atoms. The average molecular weight is 514 g/mol. The molecular weight excluding hydrogens is 486 g/mol. The smallest absolute Gasteiger partial charge is 0.281 e. The highest BCUT2D eigenvalue weighted by molar-refractivity contribution is 7.89. The first-order chi connectivity index (χ1) is 17.4. The number of carbonyl (C=O) groups is 1. The number of hydrogen-bond donors (Lipinski definition) is 2. The lowest BCUT2D eigenvalue weighted by molar-refractivity contribution is 0.0730. The third kappa shape index (κ3) is 5.17. The molecule has 0 atom stereocenters. The van der Waals surface area contributed by atoms with Crippen molar-refractivity contribution in [1.82, 2.24) is 18.8 Å². The third-order valence-electron chi connectivity index (χ3n) is 6.00. The number of nitrogen functional groups attached to an aromatic ring is 1. The van der Waals surface area contributed by atoms with Gasteiger partial charge in [-0.2, -0.15) is 9.30 Å². The van der Waals surface area contributed by atoms with Crippen molar-refractivity contribution >= 4 is 38.5 Å². The Hall–Kier alpha value is -3.55. The van der Waals surface area contributed by atoms with E-state index in [1.165, 1.54) is 10.5 Å². The Kier molecular flexibility index (Phi) is 6.85. The quantitative estimate of drug-likeness (QED) is 0.433. The molecule has 5 rings (SSSR count). The van der Waals surface area contributed by atoms with Gasteiger partial charge >= 0.3 is 0 Å². The van der Waals surface area contributed by atoms with Crippen LogP contribution in [0.15, 0.2) is 41.5 Å². The van der Waals surface area contributed by atoms with Gasteiger partial charge in [0.25, 0.3) is 5.91 Å². The van der Waals surface area contributed by atoms with Gasteiger partial charge in [0.2, 0.25) is 15.6 Å². The van der Waals surface area contributed by atoms with Crippen molar-refractivity contribution in [3.63, 3.8) is 0 Å². The molecule has 0 spiro atoms. The molecule has 12 nitrogen and oxygen atoms in total. The molecule has 36 heavy (non-hydrogen) atoms. The summed E-state index contributed by atoms with van der Waals surface area (Å²) in [5.74, 6) is 1.25. The van der Waals surface area contributed by atoms with Crippen LogP contribution in [-0.2, 0) is 21.3 Å². The Morgan fingerprint density at radius 3 is 2.81 bits per heavy atom. The van der Waals surface area contributed by atoms with E-state index in [9.17, 15) is 13.2 Å². The summed E-state index contributed by atoms with van der Waals surface area (Å²) in [6.07, 6.45) is 1.74. The molecule has 3 N–H and O–H groups in total. The van der Waals surface area contributed by atoms with E-state index >= 15 is 0 Å². The van der Waals surface area contributed by atoms with E-state index in [0.29, 0.717) is 68.5 Å². The van der Waals surface area contributed by atoms with Crippen molar-refractivity contribution in [2.45, 2.75) is 13.0 Å². The molecule has 1 aromatic carbocycles. The number of pyridine rings is 1. The fourth-order valence-corrected chi connectivity index (χ4v) is 5.60. The molecule has 3 aromatic rings. The summed E-state index contributed by atoms with van der Waals surface area (Å²) in [7, 11) is -3.33. The highest BCUT2D eigenvalue weighted by Crippen LogP contribution is 2.26. The number of rotatable bonds is 7. The van der Waals surface area contributed by atoms with Gasteiger partial charge in [0.05, 0.1) is 36.7 Å². The molecule has 0 saturated carbocycles. The molecule has 4 heterocycles. The van der Waals surface area contributed by atoms with Gasteiger partial charge in [0.15, 0.2) is 0 Å². The number of aromatic nitrogens is 3. The van der Waals surface area contributed by atoms with Crippen LogP contribution in [-0.4, -0.2) is 78.4 Å². The van der Waals surface area contributed by atoms with Crippen LogP contribution >= 0.6 is 0 Å². The normalized spacial score (nSPS) is 16.6. The topological polar surface area (TPSA) is 154 Å². The number of nitrogens with two attached hydrogens (primary N) is 1. The summed E-state index contributed by atoms with van der Waals surface area (Å²) in [6.45, 7) is 3.19. The lowest BCUT2D eigenvalue weighted by Crippen LogP contribution is -2.42. The number of morpholine rings is 1. The minimum Gasteiger partial charge on any atom is -0.493 e. The highest BCUT2D eigenvalue weighted by atomic mass is 32.2. The zero-order valence-corrected chi connectivity index (χ0v) is 20.4. The van der Waals surface area contributed by atoms with Crippen LogP contribution in [0.25, 0.3) is 10.9 Å². The fraction of sp³-hybridized carbons (Fsp3) is 0.391. The summed E-state index contributed by atoms with van der Waals surface area (Å²) in [4.78, 5) is 25.5. The van der Waals surface area contributed by atoms with Crippen molar-refractivity contribution in [2.75, 3.05) is 56.3 Å². The second-order valence-electron chi connectivity index (χ2n) is 8.44. The Bertz CT molecular complexity index is 1450. The Labute approximate surface area is 207 Å². The molecule has 190 valence electrons. The van der Waals surface area contributed by atoms with Gasteiger partial charge < -0.3 is 20.5 Å². The van der Waals surface area contributed by atoms with Gasteiger partial charge in [-0.25, -0.2) is 18.4 Å². The van der Waals surface area contributed by atoms with Crippen LogP contribution in [0, 0.1) is 0 Å². The monoisotopic (exact) mass is 513 g/mol. The van der Waals surface area contributed by atoms with Crippen molar-refractivity contribution in [3.8, 4) is 5.75 Å². The van der Waals surface area contributed by atoms with Crippen LogP contribution in [0.2, 0.25) is 0 Å². The summed E-state index contributed by atoms with van der Waals surface area (Å²) in [5, 5.41) is 4.20. The first-order valence-corrected chi connectivity index (χ1v) is 13.3. The largest absolute Gasteiger partial charge is 0.493 e. The van der Waals surface area contributed by atoms with Gasteiger partial charge in [-0.15, -0.1) is 0 Å². The Balaban J connectivity index is 1.33. The first-order valence-electron chi connectivity index (χ1n) is 11.7. The molecule has 0 unspecified atom stereocenters. The van der Waals surface area contributed by atoms with Crippen molar-refractivity contribution in [1.29, 1.82) is 0 Å². The third-order valence-corrected chi connectivity index (χ3v) is 7.95. The van der Waals surface area contributed by atoms with Gasteiger partial charge in [0, 0.05) is 43.8 Å². The van der Waals surface area contributed by atoms with Crippen molar-refractivity contribution < 1.29 is 22.7 Å². The number of benzene rings is 1. The highest BCUT2D eigenvalue weighted by Gasteiger charge is 2.23. The Morgan fingerprint density at radius 2 is 2.03 bits per heavy atom. The van der Waals surface area contributed by atoms with Gasteiger partial charge in [-0.1, -0.05) is 0 Å². The van der Waals surface area contributed by atoms with Gasteiger partial charge in [-0.3, -0.25) is 9.36 Å². The number of sulfonamides is 1. The standard InChI is InChI=1S/C23H27N7O5S/c24-20-5-2-16(15-26-20)22(31)28-23-27-19-14-17(3-4-18(19)21-25-6-7-30(21)23)35-10-1-13-36(32,33)29-8-11-34-12-9-29/h2-5,14-15,25H,1,6-13H2,(H2,24,26). The number of amides is 1. The number of nitrogens with zero attached hydrogens (tertiary/aromatic N) is 5. The van der Waals surface area contributed by atoms with Crippen molar-refractivity contribution in [3.05, 3.63) is 47.7 Å². The van der Waals surface area contributed by atoms with E-state index in [4.69, 9.17) is 15.2 Å². The number of anilines is 2. The fourth-order valence-electron chi connectivity index (χ4n) is 4.15. The van der Waals surface area contributed by atoms with Gasteiger partial charge in [0.1, 0.15) is 17.4 Å². The van der Waals surface area contributed by atoms with E-state index in [0.717, 1.165) is 11.2 Å². The summed E-state index contributed by atoms with van der Waals surface area (Å²) in [5.41, 5.74) is 6.80. The second kappa shape index (κ2) is 10.2. The molecule has 1 amide bonds. The molecule has 1 saturated heterocycles. The SMILES string of the molecule is Nc1ccc(C(=O)N=c2nc3cc(OCCCS(=O)(=O)N4CCOCC4)ccc3c3n2CCN3)cn1. The zero-order chi connectivity index (χ0) is 25.1. The number of fused-ring (bicyclic) bond motifs is 3. The predicted octanol–water partition coefficient (Wildman–Crippen LogP) is 0.611. The minimum absolute atomic E-state index is 0.0119. The van der Waals surface area contributed by atoms with Crippen LogP contribution in [0.4, 0.5) is 11.6 Å². The molecule has 0 aliphatic carbocycles.